The van der Waals surface area contributed by atoms with Crippen molar-refractivity contribution in [2.75, 3.05) is 26.2 Å². The zero-order valence-corrected chi connectivity index (χ0v) is 12.1. The number of halogens is 1. The summed E-state index contributed by atoms with van der Waals surface area (Å²) in [6.07, 6.45) is 1.55. The van der Waals surface area contributed by atoms with Crippen LogP contribution in [0.2, 0.25) is 5.02 Å². The van der Waals surface area contributed by atoms with Gasteiger partial charge in [-0.15, -0.1) is 0 Å². The molecule has 1 aromatic rings. The second kappa shape index (κ2) is 6.92. The number of rotatable bonds is 4. The highest BCUT2D eigenvalue weighted by Gasteiger charge is 2.18. The lowest BCUT2D eigenvalue weighted by atomic mass is 9.97. The van der Waals surface area contributed by atoms with E-state index in [1.54, 1.807) is 0 Å². The zero-order chi connectivity index (χ0) is 13.7. The largest absolute Gasteiger partial charge is 0.340 e. The Balaban J connectivity index is 1.81. The lowest BCUT2D eigenvalue weighted by Crippen LogP contribution is -2.46. The number of nitrogens with one attached hydrogen (secondary N) is 1. The topological polar surface area (TPSA) is 32.3 Å². The lowest BCUT2D eigenvalue weighted by Gasteiger charge is -2.28. The normalized spacial score (nSPS) is 17.3. The van der Waals surface area contributed by atoms with E-state index in [9.17, 15) is 4.79 Å². The molecule has 0 radical (unpaired) electrons. The second-order valence-corrected chi connectivity index (χ2v) is 5.71. The third-order valence-electron chi connectivity index (χ3n) is 3.49. The van der Waals surface area contributed by atoms with Gasteiger partial charge in [0.15, 0.2) is 0 Å². The van der Waals surface area contributed by atoms with Gasteiger partial charge >= 0.3 is 0 Å². The van der Waals surface area contributed by atoms with Crippen molar-refractivity contribution in [3.63, 3.8) is 0 Å². The summed E-state index contributed by atoms with van der Waals surface area (Å²) in [6.45, 7) is 5.64. The number of nitrogens with zero attached hydrogens (tertiary/aromatic N) is 1. The maximum Gasteiger partial charge on any atom is 0.222 e. The molecule has 19 heavy (non-hydrogen) atoms. The van der Waals surface area contributed by atoms with Gasteiger partial charge in [-0.1, -0.05) is 30.7 Å². The molecular formula is C15H21ClN2O. The van der Waals surface area contributed by atoms with Crippen LogP contribution in [0.4, 0.5) is 0 Å². The van der Waals surface area contributed by atoms with Crippen LogP contribution in [0.15, 0.2) is 24.3 Å². The first-order valence-corrected chi connectivity index (χ1v) is 7.26. The molecule has 1 fully saturated rings. The van der Waals surface area contributed by atoms with Crippen molar-refractivity contribution in [1.29, 1.82) is 0 Å². The molecule has 2 rings (SSSR count). The van der Waals surface area contributed by atoms with Gasteiger partial charge in [0.2, 0.25) is 5.91 Å². The molecule has 1 aliphatic heterocycles. The first-order chi connectivity index (χ1) is 9.15. The molecule has 1 saturated heterocycles. The molecule has 0 saturated carbocycles. The number of carbonyl (C=O) groups excluding carboxylic acids is 1. The Morgan fingerprint density at radius 1 is 1.32 bits per heavy atom. The molecule has 0 bridgehead atoms. The van der Waals surface area contributed by atoms with Gasteiger partial charge in [0, 0.05) is 37.6 Å². The molecule has 104 valence electrons. The summed E-state index contributed by atoms with van der Waals surface area (Å²) >= 11 is 5.87. The first-order valence-electron chi connectivity index (χ1n) is 6.88. The fraction of sp³-hybridized carbons (Fsp3) is 0.533. The van der Waals surface area contributed by atoms with Gasteiger partial charge in [-0.3, -0.25) is 4.79 Å². The van der Waals surface area contributed by atoms with E-state index in [-0.39, 0.29) is 5.91 Å². The minimum Gasteiger partial charge on any atom is -0.340 e. The number of amides is 1. The maximum absolute atomic E-state index is 12.1. The van der Waals surface area contributed by atoms with Gasteiger partial charge in [-0.2, -0.15) is 0 Å². The fourth-order valence-electron chi connectivity index (χ4n) is 2.44. The lowest BCUT2D eigenvalue weighted by molar-refractivity contribution is -0.132. The van der Waals surface area contributed by atoms with Crippen LogP contribution in [0, 0.1) is 5.92 Å². The van der Waals surface area contributed by atoms with E-state index in [4.69, 9.17) is 11.6 Å². The summed E-state index contributed by atoms with van der Waals surface area (Å²) in [5, 5.41) is 4.02. The maximum atomic E-state index is 12.1. The quantitative estimate of drug-likeness (QED) is 0.918. The predicted octanol–water partition coefficient (Wildman–Crippen LogP) is 2.34. The van der Waals surface area contributed by atoms with Gasteiger partial charge in [0.25, 0.3) is 0 Å². The van der Waals surface area contributed by atoms with E-state index in [0.29, 0.717) is 12.3 Å². The van der Waals surface area contributed by atoms with Crippen LogP contribution in [0.5, 0.6) is 0 Å². The number of benzene rings is 1. The highest BCUT2D eigenvalue weighted by atomic mass is 35.5. The fourth-order valence-corrected chi connectivity index (χ4v) is 2.56. The molecule has 1 aromatic carbocycles. The molecule has 1 heterocycles. The van der Waals surface area contributed by atoms with Gasteiger partial charge in [0.05, 0.1) is 0 Å². The number of piperazine rings is 1. The molecule has 0 aliphatic carbocycles. The monoisotopic (exact) mass is 280 g/mol. The molecular weight excluding hydrogens is 260 g/mol. The number of carbonyl (C=O) groups is 1. The van der Waals surface area contributed by atoms with E-state index in [1.807, 2.05) is 29.2 Å². The molecule has 0 aromatic heterocycles. The molecule has 1 N–H and O–H groups in total. The third-order valence-corrected chi connectivity index (χ3v) is 3.74. The molecule has 0 spiro atoms. The third kappa shape index (κ3) is 4.51. The summed E-state index contributed by atoms with van der Waals surface area (Å²) in [6, 6.07) is 7.88. The summed E-state index contributed by atoms with van der Waals surface area (Å²) < 4.78 is 0. The smallest absolute Gasteiger partial charge is 0.222 e. The summed E-state index contributed by atoms with van der Waals surface area (Å²) in [4.78, 5) is 14.1. The molecule has 1 atom stereocenters. The van der Waals surface area contributed by atoms with Gasteiger partial charge in [-0.25, -0.2) is 0 Å². The van der Waals surface area contributed by atoms with Crippen LogP contribution in [-0.4, -0.2) is 37.0 Å². The minimum absolute atomic E-state index is 0.281. The van der Waals surface area contributed by atoms with Gasteiger partial charge in [0.1, 0.15) is 0 Å². The van der Waals surface area contributed by atoms with Crippen molar-refractivity contribution in [3.05, 3.63) is 34.9 Å². The average Bonchev–Trinajstić information content (AvgIpc) is 2.42. The van der Waals surface area contributed by atoms with Crippen LogP contribution in [0.25, 0.3) is 0 Å². The summed E-state index contributed by atoms with van der Waals surface area (Å²) in [5.74, 6) is 0.645. The van der Waals surface area contributed by atoms with Crippen LogP contribution in [0.1, 0.15) is 18.9 Å². The molecule has 3 nitrogen and oxygen atoms in total. The summed E-state index contributed by atoms with van der Waals surface area (Å²) in [7, 11) is 0. The van der Waals surface area contributed by atoms with Gasteiger partial charge in [-0.05, 0) is 30.0 Å². The predicted molar refractivity (Wildman–Crippen MR) is 78.4 cm³/mol. The van der Waals surface area contributed by atoms with Gasteiger partial charge < -0.3 is 10.2 Å². The van der Waals surface area contributed by atoms with Crippen LogP contribution < -0.4 is 5.32 Å². The Hall–Kier alpha value is -1.06. The van der Waals surface area contributed by atoms with Crippen molar-refractivity contribution in [2.45, 2.75) is 19.8 Å². The van der Waals surface area contributed by atoms with Crippen molar-refractivity contribution in [2.24, 2.45) is 5.92 Å². The van der Waals surface area contributed by atoms with E-state index < -0.39 is 0 Å². The van der Waals surface area contributed by atoms with Crippen molar-refractivity contribution >= 4 is 17.5 Å². The van der Waals surface area contributed by atoms with Crippen LogP contribution >= 0.6 is 11.6 Å². The van der Waals surface area contributed by atoms with Crippen molar-refractivity contribution in [1.82, 2.24) is 10.2 Å². The SMILES string of the molecule is CC(CC(=O)N1CCNCC1)Cc1ccc(Cl)cc1. The standard InChI is InChI=1S/C15H21ClN2O/c1-12(10-13-2-4-14(16)5-3-13)11-15(19)18-8-6-17-7-9-18/h2-5,12,17H,6-11H2,1H3. The highest BCUT2D eigenvalue weighted by Crippen LogP contribution is 2.16. The zero-order valence-electron chi connectivity index (χ0n) is 11.4. The highest BCUT2D eigenvalue weighted by molar-refractivity contribution is 6.30. The van der Waals surface area contributed by atoms with E-state index in [2.05, 4.69) is 12.2 Å². The van der Waals surface area contributed by atoms with Crippen LogP contribution in [0.3, 0.4) is 0 Å². The van der Waals surface area contributed by atoms with Crippen molar-refractivity contribution in [3.8, 4) is 0 Å². The Morgan fingerprint density at radius 3 is 2.58 bits per heavy atom. The van der Waals surface area contributed by atoms with E-state index in [1.165, 1.54) is 5.56 Å². The Morgan fingerprint density at radius 2 is 1.95 bits per heavy atom. The van der Waals surface area contributed by atoms with Crippen molar-refractivity contribution < 1.29 is 4.79 Å². The Kier molecular flexibility index (Phi) is 5.23. The molecule has 1 unspecified atom stereocenters. The number of hydrogen-bond acceptors (Lipinski definition) is 2. The minimum atomic E-state index is 0.281. The summed E-state index contributed by atoms with van der Waals surface area (Å²) in [5.41, 5.74) is 1.24. The Labute approximate surface area is 119 Å². The number of hydrogen-bond donors (Lipinski definition) is 1. The first kappa shape index (κ1) is 14.4. The second-order valence-electron chi connectivity index (χ2n) is 5.27. The Bertz CT molecular complexity index is 413. The van der Waals surface area contributed by atoms with Crippen LogP contribution in [-0.2, 0) is 11.2 Å². The molecule has 4 heteroatoms. The average molecular weight is 281 g/mol. The molecule has 1 amide bonds. The van der Waals surface area contributed by atoms with E-state index in [0.717, 1.165) is 37.6 Å². The van der Waals surface area contributed by atoms with E-state index >= 15 is 0 Å². The molecule has 1 aliphatic rings.